The summed E-state index contributed by atoms with van der Waals surface area (Å²) in [5.74, 6) is -6.68. The van der Waals surface area contributed by atoms with Crippen LogP contribution < -0.4 is 21.4 Å². The molecular formula is C32H31FN8O12S2. The van der Waals surface area contributed by atoms with Gasteiger partial charge in [-0.2, -0.15) is 0 Å². The number of anilines is 2. The van der Waals surface area contributed by atoms with Crippen LogP contribution in [0.3, 0.4) is 0 Å². The number of carboxylic acids is 3. The number of aromatic nitrogens is 2. The van der Waals surface area contributed by atoms with Crippen LogP contribution in [-0.2, 0) is 35.3 Å². The molecule has 0 saturated carbocycles. The van der Waals surface area contributed by atoms with Crippen molar-refractivity contribution in [2.75, 3.05) is 55.8 Å². The molecule has 1 unspecified atom stereocenters. The first-order valence-corrected chi connectivity index (χ1v) is 18.2. The Morgan fingerprint density at radius 1 is 1.09 bits per heavy atom. The van der Waals surface area contributed by atoms with Crippen LogP contribution in [0, 0.1) is 5.82 Å². The van der Waals surface area contributed by atoms with E-state index in [0.29, 0.717) is 12.1 Å². The summed E-state index contributed by atoms with van der Waals surface area (Å²) in [6.07, 6.45) is 0.439. The number of aromatic carboxylic acids is 1. The lowest BCUT2D eigenvalue weighted by Crippen LogP contribution is -2.71. The normalized spacial score (nSPS) is 18.5. The maximum Gasteiger partial charge on any atom is 0.410 e. The smallest absolute Gasteiger partial charge is 0.410 e. The number of thiazole rings is 1. The fraction of sp³-hybridized carbons (Fsp3) is 0.344. The van der Waals surface area contributed by atoms with Crippen molar-refractivity contribution in [1.29, 1.82) is 0 Å². The van der Waals surface area contributed by atoms with E-state index in [1.165, 1.54) is 22.5 Å². The van der Waals surface area contributed by atoms with Gasteiger partial charge in [0.2, 0.25) is 12.0 Å². The van der Waals surface area contributed by atoms with Gasteiger partial charge in [-0.1, -0.05) is 5.16 Å². The number of piperazine rings is 1. The number of carbonyl (C=O) groups is 6. The topological polar surface area (TPSA) is 277 Å². The van der Waals surface area contributed by atoms with Crippen LogP contribution in [0.15, 0.2) is 44.9 Å². The molecule has 6 rings (SSSR count). The molecule has 2 atom stereocenters. The molecule has 290 valence electrons. The first kappa shape index (κ1) is 38.5. The molecule has 0 bridgehead atoms. The first-order chi connectivity index (χ1) is 26.2. The number of halogens is 1. The molecule has 3 aliphatic heterocycles. The maximum absolute atomic E-state index is 15.3. The van der Waals surface area contributed by atoms with Gasteiger partial charge in [0.05, 0.1) is 11.2 Å². The molecule has 23 heteroatoms. The Bertz CT molecular complexity index is 2250. The molecule has 5 heterocycles. The van der Waals surface area contributed by atoms with Crippen molar-refractivity contribution in [1.82, 2.24) is 24.7 Å². The number of thioether (sulfide) groups is 1. The summed E-state index contributed by atoms with van der Waals surface area (Å²) in [6.45, 7) is 1.28. The monoisotopic (exact) mass is 802 g/mol. The third-order valence-electron chi connectivity index (χ3n) is 8.83. The number of hydrogen-bond donors (Lipinski definition) is 5. The minimum atomic E-state index is -1.46. The largest absolute Gasteiger partial charge is 0.479 e. The van der Waals surface area contributed by atoms with Gasteiger partial charge in [0.1, 0.15) is 40.8 Å². The van der Waals surface area contributed by atoms with E-state index in [9.17, 15) is 43.8 Å². The fourth-order valence-corrected chi connectivity index (χ4v) is 8.06. The Morgan fingerprint density at radius 2 is 1.82 bits per heavy atom. The average molecular weight is 803 g/mol. The second kappa shape index (κ2) is 15.6. The van der Waals surface area contributed by atoms with E-state index in [-0.39, 0.29) is 59.4 Å². The van der Waals surface area contributed by atoms with Gasteiger partial charge in [0.25, 0.3) is 11.8 Å². The highest BCUT2D eigenvalue weighted by Gasteiger charge is 2.54. The van der Waals surface area contributed by atoms with E-state index < -0.39 is 88.7 Å². The molecule has 55 heavy (non-hydrogen) atoms. The van der Waals surface area contributed by atoms with Crippen molar-refractivity contribution >= 4 is 86.3 Å². The number of benzene rings is 1. The van der Waals surface area contributed by atoms with Crippen molar-refractivity contribution in [3.05, 3.63) is 62.3 Å². The molecule has 1 aromatic carbocycles. The van der Waals surface area contributed by atoms with Gasteiger partial charge < -0.3 is 50.3 Å². The van der Waals surface area contributed by atoms with Crippen molar-refractivity contribution in [2.24, 2.45) is 5.16 Å². The summed E-state index contributed by atoms with van der Waals surface area (Å²) in [4.78, 5) is 99.5. The number of nitrogens with two attached hydrogens (primary N) is 1. The molecule has 0 aliphatic carbocycles. The van der Waals surface area contributed by atoms with Crippen LogP contribution in [-0.4, -0.2) is 133 Å². The van der Waals surface area contributed by atoms with E-state index in [1.807, 2.05) is 0 Å². The molecule has 0 spiro atoms. The highest BCUT2D eigenvalue weighted by Crippen LogP contribution is 2.40. The number of carboxylic acid groups (broad SMARTS) is 3. The molecule has 20 nitrogen and oxygen atoms in total. The van der Waals surface area contributed by atoms with Crippen LogP contribution in [0.2, 0.25) is 0 Å². The van der Waals surface area contributed by atoms with Gasteiger partial charge in [0.15, 0.2) is 10.8 Å². The lowest BCUT2D eigenvalue weighted by atomic mass is 10.0. The Hall–Kier alpha value is -6.23. The summed E-state index contributed by atoms with van der Waals surface area (Å²) in [6, 6.07) is 1.28. The molecule has 3 aromatic rings. The number of carbonyl (C=O) groups excluding carboxylic acids is 3. The summed E-state index contributed by atoms with van der Waals surface area (Å²) >= 11 is 2.09. The summed E-state index contributed by atoms with van der Waals surface area (Å²) in [5, 5.41) is 34.8. The number of aryl methyl sites for hydroxylation is 1. The quantitative estimate of drug-likeness (QED) is 0.0942. The summed E-state index contributed by atoms with van der Waals surface area (Å²) in [5.41, 5.74) is 4.11. The Kier molecular flexibility index (Phi) is 10.9. The van der Waals surface area contributed by atoms with E-state index >= 15 is 4.39 Å². The van der Waals surface area contributed by atoms with E-state index in [2.05, 4.69) is 15.5 Å². The number of nitrogen functional groups attached to an aromatic ring is 1. The van der Waals surface area contributed by atoms with E-state index in [4.69, 9.17) is 20.4 Å². The molecular weight excluding hydrogens is 772 g/mol. The highest BCUT2D eigenvalue weighted by atomic mass is 32.2. The Balaban J connectivity index is 1.08. The molecule has 3 aliphatic rings. The van der Waals surface area contributed by atoms with Gasteiger partial charge >= 0.3 is 24.0 Å². The lowest BCUT2D eigenvalue weighted by Gasteiger charge is -2.49. The number of rotatable bonds is 12. The van der Waals surface area contributed by atoms with Crippen molar-refractivity contribution in [3.8, 4) is 0 Å². The number of pyridine rings is 1. The first-order valence-electron chi connectivity index (χ1n) is 16.3. The number of hydrogen-bond acceptors (Lipinski definition) is 15. The second-order valence-corrected chi connectivity index (χ2v) is 14.1. The second-order valence-electron chi connectivity index (χ2n) is 12.1. The number of nitrogens with one attached hydrogen (secondary N) is 1. The predicted octanol–water partition coefficient (Wildman–Crippen LogP) is 0.400. The summed E-state index contributed by atoms with van der Waals surface area (Å²) < 4.78 is 22.3. The zero-order valence-corrected chi connectivity index (χ0v) is 30.2. The standard InChI is InChI=1S/C32H31FN8O12S2/c1-2-38-9-16(29(47)48)25(44)15-7-17(33)20(8-19(15)38)39-3-5-40(6-4-39)32(51)52-10-14-12-54-28-23(27(46)41(28)24(14)30(49)50)36-26(45)22(37-53-11-21(42)43)18-13-55-31(34)35-18/h7-9,13,23,28H,2-6,10-12H2,1H3,(H2,34,35)(H,36,45)(H,42,43)(H,47,48)(H,49,50)/t23?,28-/m1/s1. The van der Waals surface area contributed by atoms with Gasteiger partial charge in [-0.3, -0.25) is 19.3 Å². The van der Waals surface area contributed by atoms with Crippen molar-refractivity contribution in [3.63, 3.8) is 0 Å². The third-order valence-corrected chi connectivity index (χ3v) is 10.8. The SMILES string of the molecule is CCn1cc(C(=O)O)c(=O)c2cc(F)c(N3CCN(C(=O)OCC4=C(C(=O)O)N5C(=O)C(NC(=O)C(=NOCC(=O)O)c6csc(N)n6)[C@H]5SC4)CC3)cc21. The van der Waals surface area contributed by atoms with Crippen molar-refractivity contribution < 1.29 is 58.1 Å². The van der Waals surface area contributed by atoms with Gasteiger partial charge in [-0.25, -0.2) is 28.6 Å². The van der Waals surface area contributed by atoms with Crippen LogP contribution in [0.1, 0.15) is 23.0 Å². The van der Waals surface area contributed by atoms with Gasteiger partial charge in [-0.05, 0) is 19.1 Å². The maximum atomic E-state index is 15.3. The molecule has 3 amide bonds. The lowest BCUT2D eigenvalue weighted by molar-refractivity contribution is -0.150. The van der Waals surface area contributed by atoms with E-state index in [0.717, 1.165) is 34.1 Å². The number of oxime groups is 1. The Morgan fingerprint density at radius 3 is 2.44 bits per heavy atom. The van der Waals surface area contributed by atoms with Crippen LogP contribution in [0.4, 0.5) is 20.0 Å². The van der Waals surface area contributed by atoms with Gasteiger partial charge in [-0.15, -0.1) is 23.1 Å². The van der Waals surface area contributed by atoms with Crippen LogP contribution in [0.25, 0.3) is 10.9 Å². The third kappa shape index (κ3) is 7.60. The van der Waals surface area contributed by atoms with Crippen LogP contribution >= 0.6 is 23.1 Å². The highest BCUT2D eigenvalue weighted by molar-refractivity contribution is 8.00. The average Bonchev–Trinajstić information content (AvgIpc) is 3.59. The molecule has 0 radical (unpaired) electrons. The molecule has 2 saturated heterocycles. The molecule has 2 fully saturated rings. The zero-order chi connectivity index (χ0) is 39.7. The molecule has 6 N–H and O–H groups in total. The number of aliphatic carboxylic acids is 2. The predicted molar refractivity (Wildman–Crippen MR) is 192 cm³/mol. The zero-order valence-electron chi connectivity index (χ0n) is 28.6. The number of amides is 3. The molecule has 2 aromatic heterocycles. The summed E-state index contributed by atoms with van der Waals surface area (Å²) in [7, 11) is 0. The van der Waals surface area contributed by atoms with Gasteiger partial charge in [0, 0.05) is 61.0 Å². The van der Waals surface area contributed by atoms with E-state index in [1.54, 1.807) is 16.4 Å². The minimum Gasteiger partial charge on any atom is -0.479 e. The number of nitrogens with zero attached hydrogens (tertiary/aromatic N) is 6. The van der Waals surface area contributed by atoms with Crippen molar-refractivity contribution in [2.45, 2.75) is 24.9 Å². The Labute approximate surface area is 316 Å². The minimum absolute atomic E-state index is 0.0207. The number of fused-ring (bicyclic) bond motifs is 2. The number of β-lactam (4-membered cyclic amide) rings is 1. The number of ether oxygens (including phenoxy) is 1. The fourth-order valence-electron chi connectivity index (χ4n) is 6.18. The van der Waals surface area contributed by atoms with Crippen LogP contribution in [0.5, 0.6) is 0 Å².